The Morgan fingerprint density at radius 1 is 1.04 bits per heavy atom. The molecule has 1 aromatic carbocycles. The van der Waals surface area contributed by atoms with Crippen LogP contribution in [-0.4, -0.2) is 21.6 Å². The Bertz CT molecular complexity index is 819. The van der Waals surface area contributed by atoms with Gasteiger partial charge in [0.25, 0.3) is 11.8 Å². The van der Waals surface area contributed by atoms with Gasteiger partial charge in [-0.3, -0.25) is 14.3 Å². The molecule has 2 aromatic heterocycles. The van der Waals surface area contributed by atoms with Crippen LogP contribution in [-0.2, 0) is 7.05 Å². The molecule has 0 aliphatic carbocycles. The molecule has 116 valence electrons. The lowest BCUT2D eigenvalue weighted by atomic mass is 10.2. The average Bonchev–Trinajstić information content (AvgIpc) is 3.20. The summed E-state index contributed by atoms with van der Waals surface area (Å²) in [4.78, 5) is 23.9. The van der Waals surface area contributed by atoms with Crippen LogP contribution >= 0.6 is 0 Å². The van der Waals surface area contributed by atoms with E-state index in [0.29, 0.717) is 17.1 Å². The Balaban J connectivity index is 1.64. The minimum absolute atomic E-state index is 0.224. The molecule has 0 radical (unpaired) electrons. The summed E-state index contributed by atoms with van der Waals surface area (Å²) in [7, 11) is 1.77. The van der Waals surface area contributed by atoms with Crippen molar-refractivity contribution in [2.24, 2.45) is 7.05 Å². The quantitative estimate of drug-likeness (QED) is 0.775. The summed E-state index contributed by atoms with van der Waals surface area (Å²) in [5.74, 6) is 0.0861. The van der Waals surface area contributed by atoms with Gasteiger partial charge in [0.2, 0.25) is 0 Å². The number of aryl methyl sites for hydroxylation is 1. The van der Waals surface area contributed by atoms with Gasteiger partial charge in [-0.1, -0.05) is 0 Å². The van der Waals surface area contributed by atoms with Crippen molar-refractivity contribution in [1.29, 1.82) is 0 Å². The average molecular weight is 310 g/mol. The molecule has 0 saturated heterocycles. The summed E-state index contributed by atoms with van der Waals surface area (Å²) in [5.41, 5.74) is 1.03. The van der Waals surface area contributed by atoms with Gasteiger partial charge in [0.1, 0.15) is 0 Å². The second-order valence-electron chi connectivity index (χ2n) is 4.84. The molecule has 7 nitrogen and oxygen atoms in total. The second-order valence-corrected chi connectivity index (χ2v) is 4.84. The third-order valence-electron chi connectivity index (χ3n) is 3.11. The molecule has 0 spiro atoms. The summed E-state index contributed by atoms with van der Waals surface area (Å²) >= 11 is 0. The highest BCUT2D eigenvalue weighted by Crippen LogP contribution is 2.13. The van der Waals surface area contributed by atoms with Crippen molar-refractivity contribution in [2.45, 2.75) is 0 Å². The van der Waals surface area contributed by atoms with E-state index in [1.165, 1.54) is 6.26 Å². The van der Waals surface area contributed by atoms with Crippen LogP contribution in [0.5, 0.6) is 0 Å². The monoisotopic (exact) mass is 310 g/mol. The maximum atomic E-state index is 12.1. The molecule has 0 bridgehead atoms. The number of amides is 2. The predicted molar refractivity (Wildman–Crippen MR) is 84.3 cm³/mol. The van der Waals surface area contributed by atoms with E-state index in [4.69, 9.17) is 4.42 Å². The number of anilines is 2. The molecular formula is C16H14N4O3. The molecule has 0 aliphatic rings. The molecule has 0 unspecified atom stereocenters. The topological polar surface area (TPSA) is 89.2 Å². The second kappa shape index (κ2) is 6.18. The van der Waals surface area contributed by atoms with E-state index in [1.54, 1.807) is 60.4 Å². The standard InChI is InChI=1S/C16H14N4O3/c1-20-9-8-14(19-20)18-15(21)11-4-6-12(7-5-11)17-16(22)13-3-2-10-23-13/h2-10H,1H3,(H,17,22)(H,18,19,21). The fourth-order valence-corrected chi connectivity index (χ4v) is 1.98. The number of furan rings is 1. The lowest BCUT2D eigenvalue weighted by molar-refractivity contribution is 0.0995. The number of hydrogen-bond donors (Lipinski definition) is 2. The summed E-state index contributed by atoms with van der Waals surface area (Å²) < 4.78 is 6.61. The highest BCUT2D eigenvalue weighted by atomic mass is 16.3. The van der Waals surface area contributed by atoms with E-state index in [-0.39, 0.29) is 17.6 Å². The number of benzene rings is 1. The minimum atomic E-state index is -0.347. The van der Waals surface area contributed by atoms with Gasteiger partial charge in [0, 0.05) is 30.6 Å². The third kappa shape index (κ3) is 3.46. The third-order valence-corrected chi connectivity index (χ3v) is 3.11. The van der Waals surface area contributed by atoms with Crippen molar-refractivity contribution in [1.82, 2.24) is 9.78 Å². The fraction of sp³-hybridized carbons (Fsp3) is 0.0625. The normalized spacial score (nSPS) is 10.3. The summed E-state index contributed by atoms with van der Waals surface area (Å²) in [6.45, 7) is 0. The summed E-state index contributed by atoms with van der Waals surface area (Å²) in [6.07, 6.45) is 3.17. The van der Waals surface area contributed by atoms with Gasteiger partial charge >= 0.3 is 0 Å². The van der Waals surface area contributed by atoms with E-state index in [2.05, 4.69) is 15.7 Å². The maximum absolute atomic E-state index is 12.1. The molecule has 0 aliphatic heterocycles. The molecular weight excluding hydrogens is 296 g/mol. The zero-order valence-corrected chi connectivity index (χ0v) is 12.3. The van der Waals surface area contributed by atoms with Gasteiger partial charge in [0.05, 0.1) is 6.26 Å². The number of hydrogen-bond acceptors (Lipinski definition) is 4. The van der Waals surface area contributed by atoms with Crippen LogP contribution in [0.25, 0.3) is 0 Å². The van der Waals surface area contributed by atoms with Crippen molar-refractivity contribution in [3.63, 3.8) is 0 Å². The minimum Gasteiger partial charge on any atom is -0.459 e. The largest absolute Gasteiger partial charge is 0.459 e. The van der Waals surface area contributed by atoms with Gasteiger partial charge in [-0.15, -0.1) is 0 Å². The van der Waals surface area contributed by atoms with E-state index >= 15 is 0 Å². The van der Waals surface area contributed by atoms with Crippen LogP contribution in [0.4, 0.5) is 11.5 Å². The van der Waals surface area contributed by atoms with Crippen molar-refractivity contribution in [3.8, 4) is 0 Å². The molecule has 3 rings (SSSR count). The molecule has 3 aromatic rings. The van der Waals surface area contributed by atoms with Crippen molar-refractivity contribution in [3.05, 3.63) is 66.2 Å². The van der Waals surface area contributed by atoms with Crippen LogP contribution < -0.4 is 10.6 Å². The van der Waals surface area contributed by atoms with Gasteiger partial charge in [-0.2, -0.15) is 5.10 Å². The smallest absolute Gasteiger partial charge is 0.291 e. The number of nitrogens with zero attached hydrogens (tertiary/aromatic N) is 2. The first-order valence-corrected chi connectivity index (χ1v) is 6.88. The van der Waals surface area contributed by atoms with Crippen molar-refractivity contribution in [2.75, 3.05) is 10.6 Å². The highest BCUT2D eigenvalue weighted by Gasteiger charge is 2.10. The number of nitrogens with one attached hydrogen (secondary N) is 2. The first kappa shape index (κ1) is 14.6. The molecule has 2 heterocycles. The summed E-state index contributed by atoms with van der Waals surface area (Å²) in [6, 6.07) is 11.5. The molecule has 23 heavy (non-hydrogen) atoms. The van der Waals surface area contributed by atoms with Crippen molar-refractivity contribution < 1.29 is 14.0 Å². The number of rotatable bonds is 4. The van der Waals surface area contributed by atoms with Crippen LogP contribution in [0, 0.1) is 0 Å². The van der Waals surface area contributed by atoms with Gasteiger partial charge in [0.15, 0.2) is 11.6 Å². The van der Waals surface area contributed by atoms with E-state index in [1.807, 2.05) is 0 Å². The molecule has 0 fully saturated rings. The molecule has 2 amide bonds. The lowest BCUT2D eigenvalue weighted by Crippen LogP contribution is -2.13. The number of aromatic nitrogens is 2. The van der Waals surface area contributed by atoms with Gasteiger partial charge in [-0.25, -0.2) is 0 Å². The number of carbonyl (C=O) groups is 2. The molecule has 2 N–H and O–H groups in total. The van der Waals surface area contributed by atoms with Crippen LogP contribution in [0.2, 0.25) is 0 Å². The zero-order chi connectivity index (χ0) is 16.2. The SMILES string of the molecule is Cn1ccc(NC(=O)c2ccc(NC(=O)c3ccco3)cc2)n1. The van der Waals surface area contributed by atoms with Crippen LogP contribution in [0.15, 0.2) is 59.3 Å². The van der Waals surface area contributed by atoms with E-state index < -0.39 is 0 Å². The van der Waals surface area contributed by atoms with Crippen LogP contribution in [0.1, 0.15) is 20.9 Å². The molecule has 0 atom stereocenters. The Morgan fingerprint density at radius 2 is 1.83 bits per heavy atom. The Morgan fingerprint density at radius 3 is 2.43 bits per heavy atom. The Hall–Kier alpha value is -3.35. The maximum Gasteiger partial charge on any atom is 0.291 e. The van der Waals surface area contributed by atoms with E-state index in [0.717, 1.165) is 0 Å². The van der Waals surface area contributed by atoms with Gasteiger partial charge < -0.3 is 15.1 Å². The highest BCUT2D eigenvalue weighted by molar-refractivity contribution is 6.05. The predicted octanol–water partition coefficient (Wildman–Crippen LogP) is 2.52. The number of carbonyl (C=O) groups excluding carboxylic acids is 2. The molecule has 7 heteroatoms. The first-order chi connectivity index (χ1) is 11.1. The molecule has 0 saturated carbocycles. The van der Waals surface area contributed by atoms with Crippen LogP contribution in [0.3, 0.4) is 0 Å². The van der Waals surface area contributed by atoms with Gasteiger partial charge in [-0.05, 0) is 36.4 Å². The first-order valence-electron chi connectivity index (χ1n) is 6.88. The Labute approximate surface area is 131 Å². The fourth-order valence-electron chi connectivity index (χ4n) is 1.98. The summed E-state index contributed by atoms with van der Waals surface area (Å²) in [5, 5.41) is 9.45. The van der Waals surface area contributed by atoms with E-state index in [9.17, 15) is 9.59 Å². The van der Waals surface area contributed by atoms with Crippen molar-refractivity contribution >= 4 is 23.3 Å². The Kier molecular flexibility index (Phi) is 3.92. The zero-order valence-electron chi connectivity index (χ0n) is 12.3. The lowest BCUT2D eigenvalue weighted by Gasteiger charge is -2.05.